The van der Waals surface area contributed by atoms with Crippen LogP contribution in [-0.2, 0) is 4.79 Å². The van der Waals surface area contributed by atoms with Crippen molar-refractivity contribution in [3.8, 4) is 11.5 Å². The lowest BCUT2D eigenvalue weighted by Crippen LogP contribution is -2.16. The minimum absolute atomic E-state index is 0.297. The third-order valence-electron chi connectivity index (χ3n) is 5.84. The average molecular weight is 553 g/mol. The van der Waals surface area contributed by atoms with Gasteiger partial charge in [-0.3, -0.25) is 14.4 Å². The normalized spacial score (nSPS) is 10.2. The van der Waals surface area contributed by atoms with Gasteiger partial charge in [0.15, 0.2) is 0 Å². The smallest absolute Gasteiger partial charge is 0.256 e. The molecule has 0 unspecified atom stereocenters. The Labute approximate surface area is 236 Å². The lowest BCUT2D eigenvalue weighted by atomic mass is 10.1. The van der Waals surface area contributed by atoms with Gasteiger partial charge in [-0.15, -0.1) is 0 Å². The van der Waals surface area contributed by atoms with E-state index in [2.05, 4.69) is 37.8 Å². The molecule has 0 aliphatic heterocycles. The number of methoxy groups -OCH3 is 2. The molecule has 0 aliphatic carbocycles. The highest BCUT2D eigenvalue weighted by atomic mass is 16.5. The van der Waals surface area contributed by atoms with Crippen LogP contribution in [0.5, 0.6) is 11.5 Å². The molecule has 0 fully saturated rings. The molecule has 3 aromatic carbocycles. The van der Waals surface area contributed by atoms with Crippen molar-refractivity contribution in [3.63, 3.8) is 0 Å². The second kappa shape index (κ2) is 12.9. The van der Waals surface area contributed by atoms with Crippen LogP contribution in [-0.4, -0.2) is 41.9 Å². The molecule has 208 valence electrons. The van der Waals surface area contributed by atoms with Crippen LogP contribution in [0, 0.1) is 6.92 Å². The Morgan fingerprint density at radius 3 is 2.05 bits per heavy atom. The number of amides is 3. The molecule has 41 heavy (non-hydrogen) atoms. The number of hydrogen-bond donors (Lipinski definition) is 4. The molecular weight excluding hydrogens is 524 g/mol. The molecule has 0 atom stereocenters. The summed E-state index contributed by atoms with van der Waals surface area (Å²) in [5.41, 5.74) is 3.48. The van der Waals surface area contributed by atoms with Gasteiger partial charge in [-0.25, -0.2) is 9.97 Å². The molecule has 1 aromatic heterocycles. The summed E-state index contributed by atoms with van der Waals surface area (Å²) in [5, 5.41) is 11.3. The van der Waals surface area contributed by atoms with E-state index in [1.165, 1.54) is 32.7 Å². The Hall–Kier alpha value is -5.71. The first-order chi connectivity index (χ1) is 19.8. The maximum Gasteiger partial charge on any atom is 0.256 e. The lowest BCUT2D eigenvalue weighted by Gasteiger charge is -2.12. The fourth-order valence-corrected chi connectivity index (χ4v) is 3.74. The molecule has 0 spiro atoms. The summed E-state index contributed by atoms with van der Waals surface area (Å²) in [4.78, 5) is 46.0. The summed E-state index contributed by atoms with van der Waals surface area (Å²) in [6.45, 7) is 5.23. The molecule has 0 saturated heterocycles. The Morgan fingerprint density at radius 2 is 1.39 bits per heavy atom. The second-order valence-corrected chi connectivity index (χ2v) is 8.73. The molecule has 0 aliphatic rings. The highest BCUT2D eigenvalue weighted by Crippen LogP contribution is 2.24. The number of rotatable bonds is 10. The standard InChI is InChI=1S/C30H28N6O5/c1-5-27(37)33-20-7-6-8-21(13-20)36-30-31-16-23(17-32-30)35-29(39)26-14-22(10-9-18(26)2)34-28(38)19-11-24(40-3)15-25(12-19)41-4/h5-17H,1H2,2-4H3,(H,33,37)(H,34,38)(H,35,39)(H,31,32,36). The summed E-state index contributed by atoms with van der Waals surface area (Å²) in [6, 6.07) is 16.9. The van der Waals surface area contributed by atoms with Gasteiger partial charge in [0.1, 0.15) is 11.5 Å². The monoisotopic (exact) mass is 552 g/mol. The van der Waals surface area contributed by atoms with Crippen molar-refractivity contribution in [1.29, 1.82) is 0 Å². The maximum absolute atomic E-state index is 13.1. The highest BCUT2D eigenvalue weighted by molar-refractivity contribution is 6.08. The molecule has 4 N–H and O–H groups in total. The number of nitrogens with zero attached hydrogens (tertiary/aromatic N) is 2. The second-order valence-electron chi connectivity index (χ2n) is 8.73. The number of hydrogen-bond acceptors (Lipinski definition) is 8. The number of aromatic nitrogens is 2. The SMILES string of the molecule is C=CC(=O)Nc1cccc(Nc2ncc(NC(=O)c3cc(NC(=O)c4cc(OC)cc(OC)c4)ccc3C)cn2)c1. The molecule has 11 nitrogen and oxygen atoms in total. The minimum Gasteiger partial charge on any atom is -0.497 e. The summed E-state index contributed by atoms with van der Waals surface area (Å²) in [7, 11) is 3.01. The van der Waals surface area contributed by atoms with Gasteiger partial charge >= 0.3 is 0 Å². The number of anilines is 5. The minimum atomic E-state index is -0.392. The van der Waals surface area contributed by atoms with Crippen molar-refractivity contribution in [2.45, 2.75) is 6.92 Å². The van der Waals surface area contributed by atoms with E-state index in [0.29, 0.717) is 56.9 Å². The first-order valence-corrected chi connectivity index (χ1v) is 12.4. The van der Waals surface area contributed by atoms with Crippen LogP contribution in [0.25, 0.3) is 0 Å². The van der Waals surface area contributed by atoms with Gasteiger partial charge in [-0.05, 0) is 61.0 Å². The molecule has 0 bridgehead atoms. The Balaban J connectivity index is 1.42. The zero-order chi connectivity index (χ0) is 29.4. The van der Waals surface area contributed by atoms with Crippen LogP contribution in [0.1, 0.15) is 26.3 Å². The van der Waals surface area contributed by atoms with Gasteiger partial charge in [-0.1, -0.05) is 18.7 Å². The Kier molecular flexibility index (Phi) is 8.90. The van der Waals surface area contributed by atoms with Crippen LogP contribution in [0.15, 0.2) is 85.7 Å². The quantitative estimate of drug-likeness (QED) is 0.197. The third-order valence-corrected chi connectivity index (χ3v) is 5.84. The lowest BCUT2D eigenvalue weighted by molar-refractivity contribution is -0.111. The van der Waals surface area contributed by atoms with Crippen LogP contribution in [0.3, 0.4) is 0 Å². The van der Waals surface area contributed by atoms with Gasteiger partial charge in [0.2, 0.25) is 11.9 Å². The van der Waals surface area contributed by atoms with Crippen LogP contribution < -0.4 is 30.7 Å². The Bertz CT molecular complexity index is 1580. The van der Waals surface area contributed by atoms with E-state index in [-0.39, 0.29) is 11.8 Å². The van der Waals surface area contributed by atoms with Crippen molar-refractivity contribution in [3.05, 3.63) is 102 Å². The van der Waals surface area contributed by atoms with Crippen molar-refractivity contribution >= 4 is 46.4 Å². The molecule has 4 rings (SSSR count). The van der Waals surface area contributed by atoms with Crippen molar-refractivity contribution in [2.24, 2.45) is 0 Å². The average Bonchev–Trinajstić information content (AvgIpc) is 2.98. The fourth-order valence-electron chi connectivity index (χ4n) is 3.74. The first kappa shape index (κ1) is 28.3. The number of benzene rings is 3. The van der Waals surface area contributed by atoms with E-state index < -0.39 is 5.91 Å². The van der Waals surface area contributed by atoms with Crippen molar-refractivity contribution < 1.29 is 23.9 Å². The van der Waals surface area contributed by atoms with Gasteiger partial charge in [0, 0.05) is 34.3 Å². The molecule has 4 aromatic rings. The predicted molar refractivity (Wildman–Crippen MR) is 157 cm³/mol. The molecule has 11 heteroatoms. The fraction of sp³-hybridized carbons (Fsp3) is 0.100. The molecule has 0 saturated carbocycles. The highest BCUT2D eigenvalue weighted by Gasteiger charge is 2.14. The number of nitrogens with one attached hydrogen (secondary N) is 4. The molecule has 3 amide bonds. The number of carbonyl (C=O) groups is 3. The van der Waals surface area contributed by atoms with Crippen molar-refractivity contribution in [1.82, 2.24) is 9.97 Å². The van der Waals surface area contributed by atoms with E-state index in [1.807, 2.05) is 0 Å². The molecule has 1 heterocycles. The van der Waals surface area contributed by atoms with Gasteiger partial charge in [0.05, 0.1) is 32.3 Å². The molecule has 0 radical (unpaired) electrons. The Morgan fingerprint density at radius 1 is 0.756 bits per heavy atom. The van der Waals surface area contributed by atoms with Crippen LogP contribution >= 0.6 is 0 Å². The van der Waals surface area contributed by atoms with E-state index in [1.54, 1.807) is 67.6 Å². The number of carbonyl (C=O) groups excluding carboxylic acids is 3. The summed E-state index contributed by atoms with van der Waals surface area (Å²) in [5.74, 6) is 0.156. The van der Waals surface area contributed by atoms with Crippen LogP contribution in [0.2, 0.25) is 0 Å². The maximum atomic E-state index is 13.1. The van der Waals surface area contributed by atoms with Crippen molar-refractivity contribution in [2.75, 3.05) is 35.5 Å². The van der Waals surface area contributed by atoms with Gasteiger partial charge in [-0.2, -0.15) is 0 Å². The summed E-state index contributed by atoms with van der Waals surface area (Å²) < 4.78 is 10.5. The summed E-state index contributed by atoms with van der Waals surface area (Å²) in [6.07, 6.45) is 4.12. The number of aryl methyl sites for hydroxylation is 1. The first-order valence-electron chi connectivity index (χ1n) is 12.4. The topological polar surface area (TPSA) is 144 Å². The van der Waals surface area contributed by atoms with Crippen LogP contribution in [0.4, 0.5) is 28.7 Å². The van der Waals surface area contributed by atoms with Gasteiger partial charge < -0.3 is 30.7 Å². The van der Waals surface area contributed by atoms with Gasteiger partial charge in [0.25, 0.3) is 11.8 Å². The summed E-state index contributed by atoms with van der Waals surface area (Å²) >= 11 is 0. The third kappa shape index (κ3) is 7.45. The van der Waals surface area contributed by atoms with E-state index in [0.717, 1.165) is 0 Å². The zero-order valence-corrected chi connectivity index (χ0v) is 22.6. The van der Waals surface area contributed by atoms with E-state index in [4.69, 9.17) is 9.47 Å². The predicted octanol–water partition coefficient (Wildman–Crippen LogP) is 5.17. The number of ether oxygens (including phenoxy) is 2. The zero-order valence-electron chi connectivity index (χ0n) is 22.6. The largest absolute Gasteiger partial charge is 0.497 e. The molecular formula is C30H28N6O5. The van der Waals surface area contributed by atoms with E-state index in [9.17, 15) is 14.4 Å². The van der Waals surface area contributed by atoms with E-state index >= 15 is 0 Å².